The van der Waals surface area contributed by atoms with Crippen molar-refractivity contribution in [3.63, 3.8) is 0 Å². The molecule has 5 heteroatoms. The molecule has 0 saturated heterocycles. The summed E-state index contributed by atoms with van der Waals surface area (Å²) in [5, 5.41) is 9.36. The maximum atomic E-state index is 8.89. The molecule has 0 saturated carbocycles. The summed E-state index contributed by atoms with van der Waals surface area (Å²) in [5.41, 5.74) is 0. The molecule has 1 N–H and O–H groups in total. The Kier molecular flexibility index (Phi) is 4.81. The summed E-state index contributed by atoms with van der Waals surface area (Å²) in [5.74, 6) is -0.184. The molecule has 0 aliphatic heterocycles. The fourth-order valence-corrected chi connectivity index (χ4v) is 0.965. The molecule has 0 fully saturated rings. The second-order valence-corrected chi connectivity index (χ2v) is 2.78. The third-order valence-corrected chi connectivity index (χ3v) is 2.20. The van der Waals surface area contributed by atoms with Gasteiger partial charge in [-0.2, -0.15) is 29.3 Å². The van der Waals surface area contributed by atoms with E-state index in [9.17, 15) is 0 Å². The zero-order valence-electron chi connectivity index (χ0n) is 5.07. The number of hydrogen-bond acceptors (Lipinski definition) is 1. The predicted molar refractivity (Wildman–Crippen MR) is 42.0 cm³/mol. The Morgan fingerprint density at radius 3 is 2.18 bits per heavy atom. The van der Waals surface area contributed by atoms with Crippen molar-refractivity contribution in [3.8, 4) is 5.75 Å². The van der Waals surface area contributed by atoms with Crippen molar-refractivity contribution >= 4 is 34.8 Å². The summed E-state index contributed by atoms with van der Waals surface area (Å²) < 4.78 is 0. The van der Waals surface area contributed by atoms with Gasteiger partial charge in [-0.05, 0) is 10.0 Å². The van der Waals surface area contributed by atoms with Crippen LogP contribution < -0.4 is 0 Å². The molecule has 1 nitrogen and oxygen atoms in total. The van der Waals surface area contributed by atoms with Gasteiger partial charge in [-0.15, -0.1) is 17.7 Å². The molecule has 0 aromatic heterocycles. The third-order valence-electron chi connectivity index (χ3n) is 0.946. The van der Waals surface area contributed by atoms with Crippen molar-refractivity contribution in [2.24, 2.45) is 0 Å². The Bertz CT molecular complexity index is 237. The van der Waals surface area contributed by atoms with Crippen LogP contribution in [0.3, 0.4) is 0 Å². The molecule has 0 heterocycles. The first-order valence-electron chi connectivity index (χ1n) is 2.37. The number of phenolic OH excluding ortho intramolecular Hbond substituents is 1. The molecule has 0 aliphatic rings. The minimum atomic E-state index is -0.184. The van der Waals surface area contributed by atoms with Crippen LogP contribution in [0.1, 0.15) is 0 Å². The second-order valence-electron chi connectivity index (χ2n) is 1.61. The molecule has 1 rings (SSSR count). The van der Waals surface area contributed by atoms with Gasteiger partial charge in [0.05, 0.1) is 0 Å². The van der Waals surface area contributed by atoms with Gasteiger partial charge in [0.1, 0.15) is 0 Å². The van der Waals surface area contributed by atoms with Crippen LogP contribution in [-0.2, 0) is 21.1 Å². The van der Waals surface area contributed by atoms with Crippen LogP contribution in [0.15, 0.2) is 6.07 Å². The Hall–Kier alpha value is 0.578. The first kappa shape index (κ1) is 11.6. The minimum Gasteiger partial charge on any atom is -0.532 e. The first-order valence-corrected chi connectivity index (χ1v) is 3.50. The van der Waals surface area contributed by atoms with Crippen LogP contribution in [0, 0.1) is 6.07 Å². The second kappa shape index (κ2) is 4.57. The van der Waals surface area contributed by atoms with Gasteiger partial charge in [0.2, 0.25) is 0 Å². The van der Waals surface area contributed by atoms with E-state index < -0.39 is 0 Å². The summed E-state index contributed by atoms with van der Waals surface area (Å²) in [6, 6.07) is 3.77. The number of phenols is 1. The van der Waals surface area contributed by atoms with Crippen molar-refractivity contribution in [3.05, 3.63) is 27.2 Å². The van der Waals surface area contributed by atoms with Crippen LogP contribution >= 0.6 is 34.8 Å². The molecule has 0 spiro atoms. The maximum absolute atomic E-state index is 8.89. The Morgan fingerprint density at radius 1 is 1.18 bits per heavy atom. The summed E-state index contributed by atoms with van der Waals surface area (Å²) >= 11 is 16.6. The number of aromatic hydroxyl groups is 1. The Balaban J connectivity index is 0.000001000. The van der Waals surface area contributed by atoms with E-state index in [4.69, 9.17) is 39.9 Å². The topological polar surface area (TPSA) is 20.2 Å². The van der Waals surface area contributed by atoms with Gasteiger partial charge in [0.25, 0.3) is 0 Å². The molecular formula is C6H2Cl3OW-. The van der Waals surface area contributed by atoms with Gasteiger partial charge >= 0.3 is 0 Å². The molecule has 0 aliphatic carbocycles. The number of rotatable bonds is 0. The fourth-order valence-electron chi connectivity index (χ4n) is 0.467. The van der Waals surface area contributed by atoms with E-state index >= 15 is 0 Å². The third kappa shape index (κ3) is 2.52. The fraction of sp³-hybridized carbons (Fsp3) is 0. The van der Waals surface area contributed by atoms with Gasteiger partial charge < -0.3 is 5.11 Å². The summed E-state index contributed by atoms with van der Waals surface area (Å²) in [6.45, 7) is 0. The number of hydrogen-bond donors (Lipinski definition) is 1. The van der Waals surface area contributed by atoms with Crippen LogP contribution in [0.5, 0.6) is 5.75 Å². The molecule has 0 amide bonds. The van der Waals surface area contributed by atoms with Crippen molar-refractivity contribution in [1.82, 2.24) is 0 Å². The molecule has 1 aromatic rings. The summed E-state index contributed by atoms with van der Waals surface area (Å²) in [7, 11) is 0. The summed E-state index contributed by atoms with van der Waals surface area (Å²) in [6.07, 6.45) is 0. The van der Waals surface area contributed by atoms with Gasteiger partial charge in [0.15, 0.2) is 0 Å². The molecule has 0 unspecified atom stereocenters. The number of benzene rings is 1. The normalized spacial score (nSPS) is 9.00. The smallest absolute Gasteiger partial charge is 0.0235 e. The van der Waals surface area contributed by atoms with Gasteiger partial charge in [-0.1, -0.05) is 5.02 Å². The molecule has 60 valence electrons. The van der Waals surface area contributed by atoms with E-state index in [1.807, 2.05) is 0 Å². The standard InChI is InChI=1S/C6H2Cl3O.W/c7-3-1-2-4(10)6(9)5(3)8;/h1,10H;/q-1;. The molecular weight excluding hydrogens is 378 g/mol. The Morgan fingerprint density at radius 2 is 1.73 bits per heavy atom. The largest absolute Gasteiger partial charge is 0.532 e. The van der Waals surface area contributed by atoms with Crippen LogP contribution in [-0.4, -0.2) is 5.11 Å². The first-order chi connectivity index (χ1) is 4.63. The van der Waals surface area contributed by atoms with E-state index in [-0.39, 0.29) is 41.9 Å². The van der Waals surface area contributed by atoms with Gasteiger partial charge in [0, 0.05) is 26.8 Å². The minimum absolute atomic E-state index is 0. The molecule has 1 aromatic carbocycles. The SMILES string of the molecule is Oc1[c-]cc(Cl)c(Cl)c1Cl.[W]. The molecule has 11 heavy (non-hydrogen) atoms. The quantitative estimate of drug-likeness (QED) is 0.542. The zero-order valence-corrected chi connectivity index (χ0v) is 10.3. The molecule has 0 radical (unpaired) electrons. The molecule has 0 bridgehead atoms. The monoisotopic (exact) mass is 379 g/mol. The zero-order chi connectivity index (χ0) is 7.72. The molecule has 0 atom stereocenters. The van der Waals surface area contributed by atoms with E-state index in [0.717, 1.165) is 0 Å². The van der Waals surface area contributed by atoms with Gasteiger partial charge in [-0.3, -0.25) is 0 Å². The average molecular weight is 380 g/mol. The van der Waals surface area contributed by atoms with E-state index in [1.165, 1.54) is 6.07 Å². The van der Waals surface area contributed by atoms with E-state index in [1.54, 1.807) is 0 Å². The van der Waals surface area contributed by atoms with Crippen LogP contribution in [0.25, 0.3) is 0 Å². The van der Waals surface area contributed by atoms with E-state index in [0.29, 0.717) is 0 Å². The van der Waals surface area contributed by atoms with E-state index in [2.05, 4.69) is 6.07 Å². The van der Waals surface area contributed by atoms with Crippen LogP contribution in [0.2, 0.25) is 15.1 Å². The number of halogens is 3. The van der Waals surface area contributed by atoms with Crippen molar-refractivity contribution in [1.29, 1.82) is 0 Å². The van der Waals surface area contributed by atoms with Crippen molar-refractivity contribution in [2.45, 2.75) is 0 Å². The maximum Gasteiger partial charge on any atom is 0.0235 e. The van der Waals surface area contributed by atoms with Gasteiger partial charge in [-0.25, -0.2) is 0 Å². The van der Waals surface area contributed by atoms with Crippen molar-refractivity contribution < 1.29 is 26.2 Å². The predicted octanol–water partition coefficient (Wildman–Crippen LogP) is 3.15. The van der Waals surface area contributed by atoms with Crippen LogP contribution in [0.4, 0.5) is 0 Å². The summed E-state index contributed by atoms with van der Waals surface area (Å²) in [4.78, 5) is 0. The Labute approximate surface area is 93.5 Å². The van der Waals surface area contributed by atoms with Crippen molar-refractivity contribution in [2.75, 3.05) is 0 Å². The average Bonchev–Trinajstić information content (AvgIpc) is 1.93.